The minimum atomic E-state index is -0.122. The zero-order valence-corrected chi connectivity index (χ0v) is 15.5. The average Bonchev–Trinajstić information content (AvgIpc) is 2.57. The second kappa shape index (κ2) is 13.5. The summed E-state index contributed by atoms with van der Waals surface area (Å²) >= 11 is 5.30. The first-order valence-corrected chi connectivity index (χ1v) is 7.39. The topological polar surface area (TPSA) is 20.3 Å². The molecule has 0 aliphatic rings. The molecule has 2 nitrogen and oxygen atoms in total. The van der Waals surface area contributed by atoms with E-state index in [1.54, 1.807) is 17.0 Å². The van der Waals surface area contributed by atoms with E-state index in [4.69, 9.17) is 12.6 Å². The molecule has 0 atom stereocenters. The van der Waals surface area contributed by atoms with Crippen LogP contribution in [0.3, 0.4) is 0 Å². The van der Waals surface area contributed by atoms with E-state index in [9.17, 15) is 4.79 Å². The van der Waals surface area contributed by atoms with Crippen LogP contribution in [-0.4, -0.2) is 5.91 Å². The first kappa shape index (κ1) is 29.1. The molecule has 1 amide bonds. The molecule has 3 aromatic carbocycles. The molecule has 0 saturated carbocycles. The molecule has 0 spiro atoms. The number of anilines is 2. The first-order chi connectivity index (χ1) is 10.8. The number of rotatable bonds is 3. The van der Waals surface area contributed by atoms with Crippen molar-refractivity contribution in [3.05, 3.63) is 90.5 Å². The Bertz CT molecular complexity index is 754. The van der Waals surface area contributed by atoms with Gasteiger partial charge in [0.05, 0.1) is 10.5 Å². The largest absolute Gasteiger partial charge is 0.277 e. The Morgan fingerprint density at radius 3 is 1.41 bits per heavy atom. The third-order valence-electron chi connectivity index (χ3n) is 3.35. The van der Waals surface area contributed by atoms with Crippen LogP contribution < -0.4 is 4.90 Å². The Morgan fingerprint density at radius 1 is 0.630 bits per heavy atom. The van der Waals surface area contributed by atoms with E-state index in [2.05, 4.69) is 0 Å². The highest BCUT2D eigenvalue weighted by Crippen LogP contribution is 2.28. The molecule has 27 heavy (non-hydrogen) atoms. The molecular formula is C19H19ClF4NOS. The maximum absolute atomic E-state index is 13.0. The van der Waals surface area contributed by atoms with Crippen molar-refractivity contribution in [2.45, 2.75) is 4.90 Å². The van der Waals surface area contributed by atoms with Gasteiger partial charge in [0.15, 0.2) is 0 Å². The van der Waals surface area contributed by atoms with Crippen LogP contribution >= 0.6 is 25.0 Å². The van der Waals surface area contributed by atoms with Gasteiger partial charge in [-0.05, 0) is 36.4 Å². The van der Waals surface area contributed by atoms with Crippen LogP contribution in [0.15, 0.2) is 89.8 Å². The Hall–Kier alpha value is -2.64. The van der Waals surface area contributed by atoms with E-state index in [0.29, 0.717) is 10.5 Å². The standard InChI is InChI=1S/C19H14NOS.ClH.4FH/c21-19(17-13-7-8-14-18(17)22)20(15-9-3-1-4-10-15)16-11-5-2-6-12-16;;;;;/h1-14H;5*1H. The van der Waals surface area contributed by atoms with Gasteiger partial charge in [-0.25, -0.2) is 0 Å². The molecule has 8 heteroatoms. The number of amides is 1. The van der Waals surface area contributed by atoms with Gasteiger partial charge < -0.3 is 0 Å². The molecule has 147 valence electrons. The van der Waals surface area contributed by atoms with Crippen LogP contribution in [0.1, 0.15) is 10.4 Å². The molecule has 0 heterocycles. The molecule has 0 unspecified atom stereocenters. The predicted octanol–water partition coefficient (Wildman–Crippen LogP) is 6.25. The fourth-order valence-corrected chi connectivity index (χ4v) is 2.54. The average molecular weight is 421 g/mol. The van der Waals surface area contributed by atoms with Crippen molar-refractivity contribution in [3.8, 4) is 0 Å². The lowest BCUT2D eigenvalue weighted by Gasteiger charge is -2.23. The summed E-state index contributed by atoms with van der Waals surface area (Å²) in [7, 11) is 0. The van der Waals surface area contributed by atoms with Crippen molar-refractivity contribution in [2.24, 2.45) is 0 Å². The van der Waals surface area contributed by atoms with Gasteiger partial charge >= 0.3 is 0 Å². The lowest BCUT2D eigenvalue weighted by molar-refractivity contribution is 0.0996. The van der Waals surface area contributed by atoms with E-state index < -0.39 is 0 Å². The van der Waals surface area contributed by atoms with Crippen LogP contribution in [0.4, 0.5) is 30.2 Å². The lowest BCUT2D eigenvalue weighted by atomic mass is 10.1. The van der Waals surface area contributed by atoms with Crippen molar-refractivity contribution >= 4 is 42.3 Å². The summed E-state index contributed by atoms with van der Waals surface area (Å²) in [6.45, 7) is 0. The lowest BCUT2D eigenvalue weighted by Crippen LogP contribution is -2.26. The third kappa shape index (κ3) is 6.54. The SMILES string of the molecule is Cl.F.F.F.F.O=C(c1ccccc1[S])N(c1ccccc1)c1ccccc1. The van der Waals surface area contributed by atoms with Gasteiger partial charge in [0.25, 0.3) is 5.91 Å². The predicted molar refractivity (Wildman–Crippen MR) is 109 cm³/mol. The van der Waals surface area contributed by atoms with E-state index in [-0.39, 0.29) is 37.1 Å². The van der Waals surface area contributed by atoms with Gasteiger partial charge in [-0.1, -0.05) is 61.2 Å². The van der Waals surface area contributed by atoms with E-state index in [0.717, 1.165) is 11.4 Å². The highest BCUT2D eigenvalue weighted by molar-refractivity contribution is 7.80. The molecule has 0 saturated heterocycles. The van der Waals surface area contributed by atoms with Crippen LogP contribution in [-0.2, 0) is 0 Å². The van der Waals surface area contributed by atoms with Crippen LogP contribution in [0.25, 0.3) is 0 Å². The third-order valence-corrected chi connectivity index (χ3v) is 3.71. The number of benzene rings is 3. The van der Waals surface area contributed by atoms with Crippen LogP contribution in [0.2, 0.25) is 0 Å². The van der Waals surface area contributed by atoms with Gasteiger partial charge in [0.2, 0.25) is 0 Å². The highest BCUT2D eigenvalue weighted by atomic mass is 35.5. The summed E-state index contributed by atoms with van der Waals surface area (Å²) in [6.07, 6.45) is 0. The monoisotopic (exact) mass is 420 g/mol. The minimum absolute atomic E-state index is 0. The number of carbonyl (C=O) groups excluding carboxylic acids is 1. The van der Waals surface area contributed by atoms with Gasteiger partial charge in [-0.3, -0.25) is 28.5 Å². The highest BCUT2D eigenvalue weighted by Gasteiger charge is 2.21. The van der Waals surface area contributed by atoms with Gasteiger partial charge in [0.1, 0.15) is 0 Å². The summed E-state index contributed by atoms with van der Waals surface area (Å²) in [5.74, 6) is -0.122. The van der Waals surface area contributed by atoms with Crippen molar-refractivity contribution in [1.82, 2.24) is 0 Å². The number of para-hydroxylation sites is 2. The zero-order chi connectivity index (χ0) is 15.4. The van der Waals surface area contributed by atoms with E-state index in [1.807, 2.05) is 72.8 Å². The molecule has 0 aliphatic carbocycles. The van der Waals surface area contributed by atoms with Gasteiger partial charge in [-0.15, -0.1) is 12.4 Å². The number of hydrogen-bond acceptors (Lipinski definition) is 1. The van der Waals surface area contributed by atoms with E-state index in [1.165, 1.54) is 0 Å². The van der Waals surface area contributed by atoms with Crippen molar-refractivity contribution < 1.29 is 23.6 Å². The molecule has 0 N–H and O–H groups in total. The van der Waals surface area contributed by atoms with Crippen LogP contribution in [0, 0.1) is 0 Å². The summed E-state index contributed by atoms with van der Waals surface area (Å²) in [4.78, 5) is 15.3. The summed E-state index contributed by atoms with van der Waals surface area (Å²) in [5.41, 5.74) is 2.17. The molecule has 3 rings (SSSR count). The van der Waals surface area contributed by atoms with Crippen molar-refractivity contribution in [2.75, 3.05) is 4.90 Å². The first-order valence-electron chi connectivity index (χ1n) is 6.98. The quantitative estimate of drug-likeness (QED) is 0.458. The summed E-state index contributed by atoms with van der Waals surface area (Å²) in [6, 6.07) is 26.4. The van der Waals surface area contributed by atoms with Gasteiger partial charge in [-0.2, -0.15) is 0 Å². The van der Waals surface area contributed by atoms with Gasteiger partial charge in [0, 0.05) is 11.4 Å². The Balaban J connectivity index is -0.00000115. The van der Waals surface area contributed by atoms with E-state index >= 15 is 0 Å². The molecule has 0 bridgehead atoms. The Labute approximate surface area is 166 Å². The maximum Gasteiger partial charge on any atom is 0.264 e. The fourth-order valence-electron chi connectivity index (χ4n) is 2.30. The number of halogens is 5. The zero-order valence-electron chi connectivity index (χ0n) is 13.9. The molecular weight excluding hydrogens is 402 g/mol. The maximum atomic E-state index is 13.0. The van der Waals surface area contributed by atoms with Crippen LogP contribution in [0.5, 0.6) is 0 Å². The smallest absolute Gasteiger partial charge is 0.264 e. The molecule has 0 fully saturated rings. The molecule has 1 radical (unpaired) electrons. The Kier molecular flexibility index (Phi) is 14.6. The van der Waals surface area contributed by atoms with Crippen molar-refractivity contribution in [1.29, 1.82) is 0 Å². The molecule has 0 aromatic heterocycles. The minimum Gasteiger partial charge on any atom is -0.277 e. The second-order valence-corrected chi connectivity index (χ2v) is 5.25. The second-order valence-electron chi connectivity index (χ2n) is 4.81. The fraction of sp³-hybridized carbons (Fsp3) is 0. The normalized spacial score (nSPS) is 8.30. The molecule has 3 aromatic rings. The number of hydrogen-bond donors (Lipinski definition) is 0. The molecule has 0 aliphatic heterocycles. The summed E-state index contributed by atoms with van der Waals surface area (Å²) in [5, 5.41) is 0. The Morgan fingerprint density at radius 2 is 1.00 bits per heavy atom. The number of carbonyl (C=O) groups is 1. The summed E-state index contributed by atoms with van der Waals surface area (Å²) < 4.78 is 0. The van der Waals surface area contributed by atoms with Crippen molar-refractivity contribution in [3.63, 3.8) is 0 Å². The number of nitrogens with zero attached hydrogens (tertiary/aromatic N) is 1.